The van der Waals surface area contributed by atoms with Crippen LogP contribution < -0.4 is 0 Å². The molecular formula is C22H28N4O3. The molecule has 2 aliphatic heterocycles. The molecule has 1 saturated carbocycles. The highest BCUT2D eigenvalue weighted by Gasteiger charge is 2.60. The quantitative estimate of drug-likeness (QED) is 0.739. The van der Waals surface area contributed by atoms with E-state index in [4.69, 9.17) is 4.52 Å². The number of amides is 2. The van der Waals surface area contributed by atoms with Crippen LogP contribution in [0, 0.1) is 19.3 Å². The first kappa shape index (κ1) is 18.6. The van der Waals surface area contributed by atoms with E-state index in [2.05, 4.69) is 26.9 Å². The fraction of sp³-hybridized carbons (Fsp3) is 0.636. The Kier molecular flexibility index (Phi) is 4.02. The van der Waals surface area contributed by atoms with Crippen LogP contribution in [0.25, 0.3) is 11.1 Å². The zero-order valence-corrected chi connectivity index (χ0v) is 17.6. The highest BCUT2D eigenvalue weighted by molar-refractivity contribution is 6.06. The van der Waals surface area contributed by atoms with Gasteiger partial charge in [-0.1, -0.05) is 24.9 Å². The van der Waals surface area contributed by atoms with E-state index in [9.17, 15) is 9.59 Å². The van der Waals surface area contributed by atoms with E-state index in [1.54, 1.807) is 6.92 Å². The normalized spacial score (nSPS) is 31.2. The van der Waals surface area contributed by atoms with Crippen molar-refractivity contribution in [1.29, 1.82) is 0 Å². The fourth-order valence-electron chi connectivity index (χ4n) is 6.41. The van der Waals surface area contributed by atoms with Crippen LogP contribution in [0.15, 0.2) is 10.6 Å². The summed E-state index contributed by atoms with van der Waals surface area (Å²) in [6.07, 6.45) is 5.22. The molecule has 2 aromatic rings. The van der Waals surface area contributed by atoms with Gasteiger partial charge in [0, 0.05) is 36.7 Å². The first-order valence-electron chi connectivity index (χ1n) is 10.6. The molecule has 1 aliphatic carbocycles. The monoisotopic (exact) mass is 396 g/mol. The van der Waals surface area contributed by atoms with E-state index in [-0.39, 0.29) is 35.4 Å². The summed E-state index contributed by atoms with van der Waals surface area (Å²) in [6, 6.07) is 2.33. The van der Waals surface area contributed by atoms with Crippen molar-refractivity contribution in [3.05, 3.63) is 23.0 Å². The predicted octanol–water partition coefficient (Wildman–Crippen LogP) is 3.23. The van der Waals surface area contributed by atoms with Crippen molar-refractivity contribution >= 4 is 22.9 Å². The zero-order valence-electron chi connectivity index (χ0n) is 17.6. The molecule has 2 amide bonds. The molecule has 0 N–H and O–H groups in total. The molecule has 3 fully saturated rings. The lowest BCUT2D eigenvalue weighted by Crippen LogP contribution is -2.55. The van der Waals surface area contributed by atoms with E-state index in [1.807, 2.05) is 19.9 Å². The van der Waals surface area contributed by atoms with Gasteiger partial charge in [0.2, 0.25) is 5.91 Å². The molecule has 0 unspecified atom stereocenters. The number of aromatic nitrogens is 2. The van der Waals surface area contributed by atoms with Gasteiger partial charge >= 0.3 is 0 Å². The molecule has 0 radical (unpaired) electrons. The van der Waals surface area contributed by atoms with Gasteiger partial charge in [0.25, 0.3) is 11.6 Å². The van der Waals surface area contributed by atoms with Crippen LogP contribution >= 0.6 is 0 Å². The van der Waals surface area contributed by atoms with Crippen molar-refractivity contribution in [2.24, 2.45) is 5.41 Å². The minimum atomic E-state index is -0.0500. The molecule has 5 rings (SSSR count). The maximum Gasteiger partial charge on any atom is 0.258 e. The van der Waals surface area contributed by atoms with Crippen molar-refractivity contribution in [2.45, 2.75) is 77.9 Å². The summed E-state index contributed by atoms with van der Waals surface area (Å²) in [4.78, 5) is 34.9. The third-order valence-electron chi connectivity index (χ3n) is 7.52. The van der Waals surface area contributed by atoms with E-state index in [0.29, 0.717) is 28.9 Å². The maximum atomic E-state index is 13.9. The van der Waals surface area contributed by atoms with Crippen molar-refractivity contribution < 1.29 is 14.1 Å². The summed E-state index contributed by atoms with van der Waals surface area (Å²) in [7, 11) is 0. The molecule has 0 spiro atoms. The zero-order chi connectivity index (χ0) is 20.5. The molecule has 3 aliphatic rings. The Bertz CT molecular complexity index is 1010. The molecule has 0 aromatic carbocycles. The molecular weight excluding hydrogens is 368 g/mol. The molecule has 4 heterocycles. The highest BCUT2D eigenvalue weighted by atomic mass is 16.5. The predicted molar refractivity (Wildman–Crippen MR) is 107 cm³/mol. The summed E-state index contributed by atoms with van der Waals surface area (Å²) in [5.74, 6) is 0.148. The number of likely N-dealkylation sites (tertiary alicyclic amines) is 2. The third kappa shape index (κ3) is 2.55. The van der Waals surface area contributed by atoms with Gasteiger partial charge in [-0.2, -0.15) is 0 Å². The Morgan fingerprint density at radius 1 is 1.21 bits per heavy atom. The maximum absolute atomic E-state index is 13.9. The van der Waals surface area contributed by atoms with Crippen molar-refractivity contribution in [3.63, 3.8) is 0 Å². The number of pyridine rings is 1. The number of hydrogen-bond acceptors (Lipinski definition) is 5. The lowest BCUT2D eigenvalue weighted by molar-refractivity contribution is -0.132. The van der Waals surface area contributed by atoms with Crippen molar-refractivity contribution in [2.75, 3.05) is 6.54 Å². The number of carbonyl (C=O) groups excluding carboxylic acids is 2. The van der Waals surface area contributed by atoms with Crippen molar-refractivity contribution in [1.82, 2.24) is 19.9 Å². The average molecular weight is 396 g/mol. The lowest BCUT2D eigenvalue weighted by atomic mass is 9.71. The van der Waals surface area contributed by atoms with E-state index in [0.717, 1.165) is 37.8 Å². The van der Waals surface area contributed by atoms with Crippen LogP contribution in [0.2, 0.25) is 0 Å². The van der Waals surface area contributed by atoms with Gasteiger partial charge in [-0.3, -0.25) is 9.59 Å². The van der Waals surface area contributed by atoms with Crippen LogP contribution in [0.1, 0.15) is 67.7 Å². The topological polar surface area (TPSA) is 79.5 Å². The number of hydrogen-bond donors (Lipinski definition) is 0. The van der Waals surface area contributed by atoms with Gasteiger partial charge in [0.05, 0.1) is 22.7 Å². The summed E-state index contributed by atoms with van der Waals surface area (Å²) < 4.78 is 5.35. The Morgan fingerprint density at radius 2 is 1.93 bits per heavy atom. The second kappa shape index (κ2) is 6.28. The molecule has 154 valence electrons. The average Bonchev–Trinajstić information content (AvgIpc) is 3.08. The van der Waals surface area contributed by atoms with Gasteiger partial charge in [-0.25, -0.2) is 4.98 Å². The van der Waals surface area contributed by atoms with Crippen molar-refractivity contribution in [3.8, 4) is 0 Å². The van der Waals surface area contributed by atoms with E-state index in [1.165, 1.54) is 0 Å². The Morgan fingerprint density at radius 3 is 2.66 bits per heavy atom. The first-order valence-corrected chi connectivity index (χ1v) is 10.6. The smallest absolute Gasteiger partial charge is 0.258 e. The number of fused-ring (bicyclic) bond motifs is 2. The van der Waals surface area contributed by atoms with Crippen LogP contribution in [0.5, 0.6) is 0 Å². The van der Waals surface area contributed by atoms with Gasteiger partial charge in [0.1, 0.15) is 0 Å². The summed E-state index contributed by atoms with van der Waals surface area (Å²) in [5.41, 5.74) is 2.41. The molecule has 7 heteroatoms. The van der Waals surface area contributed by atoms with Crippen LogP contribution in [0.4, 0.5) is 0 Å². The largest absolute Gasteiger partial charge is 0.336 e. The number of aryl methyl sites for hydroxylation is 2. The number of carbonyl (C=O) groups is 2. The van der Waals surface area contributed by atoms with Crippen LogP contribution in [-0.4, -0.2) is 56.4 Å². The minimum absolute atomic E-state index is 0.0128. The third-order valence-corrected chi connectivity index (χ3v) is 7.52. The van der Waals surface area contributed by atoms with Gasteiger partial charge in [-0.05, 0) is 39.2 Å². The minimum Gasteiger partial charge on any atom is -0.336 e. The van der Waals surface area contributed by atoms with Gasteiger partial charge in [0.15, 0.2) is 0 Å². The summed E-state index contributed by atoms with van der Waals surface area (Å²) in [5, 5.41) is 4.74. The molecule has 2 bridgehead atoms. The summed E-state index contributed by atoms with van der Waals surface area (Å²) >= 11 is 0. The summed E-state index contributed by atoms with van der Waals surface area (Å²) in [6.45, 7) is 8.28. The molecule has 2 saturated heterocycles. The molecule has 4 atom stereocenters. The molecule has 29 heavy (non-hydrogen) atoms. The Labute approximate surface area is 170 Å². The number of nitrogens with zero attached hydrogens (tertiary/aromatic N) is 4. The lowest BCUT2D eigenvalue weighted by Gasteiger charge is -2.46. The second-order valence-electron chi connectivity index (χ2n) is 9.32. The van der Waals surface area contributed by atoms with Crippen LogP contribution in [-0.2, 0) is 4.79 Å². The van der Waals surface area contributed by atoms with E-state index < -0.39 is 0 Å². The Hall–Kier alpha value is -2.44. The molecule has 7 nitrogen and oxygen atoms in total. The first-order chi connectivity index (χ1) is 13.8. The van der Waals surface area contributed by atoms with Gasteiger partial charge < -0.3 is 14.3 Å². The van der Waals surface area contributed by atoms with Gasteiger partial charge in [-0.15, -0.1) is 0 Å². The second-order valence-corrected chi connectivity index (χ2v) is 9.32. The van der Waals surface area contributed by atoms with Crippen LogP contribution in [0.3, 0.4) is 0 Å². The standard InChI is InChI=1S/C22H28N4O3/c1-12-9-16(19-13(2)24-29-20(19)23-12)21(28)25-11-15-10-22(4)17(25)7-5-6-8-18(22)26(15)14(3)27/h9,15,17-18H,5-8,10-11H2,1-4H3/t15-,17+,18-,22+/m0/s1. The highest BCUT2D eigenvalue weighted by Crippen LogP contribution is 2.53. The van der Waals surface area contributed by atoms with E-state index >= 15 is 0 Å². The fourth-order valence-corrected chi connectivity index (χ4v) is 6.41. The SMILES string of the molecule is CC(=O)N1[C@@H]2CN(C(=O)c3cc(C)nc4onc(C)c34)[C@@H]3CCCC[C@H]1[C@]3(C)C2. The molecule has 2 aromatic heterocycles. The number of rotatable bonds is 1. The Balaban J connectivity index is 1.61. The number of piperidine rings is 1.